The van der Waals surface area contributed by atoms with E-state index in [0.717, 1.165) is 20.6 Å². The maximum Gasteiger partial charge on any atom is 0.265 e. The number of ether oxygens (including phenoxy) is 1. The number of amides is 2. The zero-order valence-corrected chi connectivity index (χ0v) is 17.3. The third-order valence-electron chi connectivity index (χ3n) is 4.27. The topological polar surface area (TPSA) is 71.5 Å². The fourth-order valence-corrected chi connectivity index (χ4v) is 4.07. The largest absolute Gasteiger partial charge is 0.482 e. The molecule has 1 aliphatic rings. The molecule has 0 aliphatic carbocycles. The van der Waals surface area contributed by atoms with E-state index in [-0.39, 0.29) is 25.0 Å². The van der Waals surface area contributed by atoms with Crippen molar-refractivity contribution in [3.05, 3.63) is 57.9 Å². The number of hydrogen-bond donors (Lipinski definition) is 1. The van der Waals surface area contributed by atoms with Crippen LogP contribution >= 0.6 is 27.3 Å². The third-order valence-corrected chi connectivity index (χ3v) is 5.69. The van der Waals surface area contributed by atoms with Crippen molar-refractivity contribution in [3.63, 3.8) is 0 Å². The van der Waals surface area contributed by atoms with Crippen molar-refractivity contribution >= 4 is 49.9 Å². The highest BCUT2D eigenvalue weighted by molar-refractivity contribution is 9.10. The number of hydrogen-bond acceptors (Lipinski definition) is 5. The average Bonchev–Trinajstić information content (AvgIpc) is 3.04. The summed E-state index contributed by atoms with van der Waals surface area (Å²) in [7, 11) is 0. The fraction of sp³-hybridized carbons (Fsp3) is 0.150. The molecule has 4 rings (SSSR count). The van der Waals surface area contributed by atoms with Crippen LogP contribution in [0.25, 0.3) is 11.3 Å². The molecule has 1 aliphatic heterocycles. The molecule has 0 atom stereocenters. The summed E-state index contributed by atoms with van der Waals surface area (Å²) in [4.78, 5) is 31.8. The van der Waals surface area contributed by atoms with E-state index >= 15 is 0 Å². The Morgan fingerprint density at radius 2 is 2.00 bits per heavy atom. The molecule has 0 bridgehead atoms. The Morgan fingerprint density at radius 3 is 2.79 bits per heavy atom. The Morgan fingerprint density at radius 1 is 1.25 bits per heavy atom. The van der Waals surface area contributed by atoms with Gasteiger partial charge in [-0.3, -0.25) is 14.5 Å². The summed E-state index contributed by atoms with van der Waals surface area (Å²) < 4.78 is 6.40. The van der Waals surface area contributed by atoms with Crippen LogP contribution in [0.1, 0.15) is 4.88 Å². The molecule has 142 valence electrons. The summed E-state index contributed by atoms with van der Waals surface area (Å²) in [6.07, 6.45) is 0. The SMILES string of the molecule is Cc1sc(NC(=O)CN2C(=O)COc3ccccc32)nc1-c1ccc(Br)cc1. The molecular formula is C20H16BrN3O3S. The fourth-order valence-electron chi connectivity index (χ4n) is 2.96. The molecule has 8 heteroatoms. The van der Waals surface area contributed by atoms with Gasteiger partial charge in [0.2, 0.25) is 5.91 Å². The van der Waals surface area contributed by atoms with Gasteiger partial charge in [0, 0.05) is 14.9 Å². The van der Waals surface area contributed by atoms with Gasteiger partial charge in [-0.05, 0) is 31.2 Å². The second kappa shape index (κ2) is 7.73. The van der Waals surface area contributed by atoms with Crippen molar-refractivity contribution in [2.75, 3.05) is 23.4 Å². The summed E-state index contributed by atoms with van der Waals surface area (Å²) >= 11 is 4.83. The first-order valence-corrected chi connectivity index (χ1v) is 10.2. The van der Waals surface area contributed by atoms with E-state index in [1.54, 1.807) is 18.2 Å². The highest BCUT2D eigenvalue weighted by Crippen LogP contribution is 2.33. The van der Waals surface area contributed by atoms with Crippen molar-refractivity contribution in [1.29, 1.82) is 0 Å². The zero-order valence-electron chi connectivity index (χ0n) is 14.9. The van der Waals surface area contributed by atoms with E-state index in [0.29, 0.717) is 16.6 Å². The van der Waals surface area contributed by atoms with Crippen LogP contribution in [-0.4, -0.2) is 29.9 Å². The highest BCUT2D eigenvalue weighted by Gasteiger charge is 2.27. The highest BCUT2D eigenvalue weighted by atomic mass is 79.9. The van der Waals surface area contributed by atoms with Gasteiger partial charge in [0.25, 0.3) is 5.91 Å². The summed E-state index contributed by atoms with van der Waals surface area (Å²) in [5.74, 6) is 0.0402. The Labute approximate surface area is 174 Å². The van der Waals surface area contributed by atoms with Gasteiger partial charge in [-0.1, -0.05) is 40.2 Å². The predicted octanol–water partition coefficient (Wildman–Crippen LogP) is 4.25. The van der Waals surface area contributed by atoms with Gasteiger partial charge in [0.1, 0.15) is 12.3 Å². The second-order valence-electron chi connectivity index (χ2n) is 6.22. The number of aromatic nitrogens is 1. The van der Waals surface area contributed by atoms with Crippen LogP contribution in [0.2, 0.25) is 0 Å². The van der Waals surface area contributed by atoms with Crippen LogP contribution < -0.4 is 15.0 Å². The number of carbonyl (C=O) groups excluding carboxylic acids is 2. The molecule has 0 saturated carbocycles. The first kappa shape index (κ1) is 18.6. The monoisotopic (exact) mass is 457 g/mol. The minimum atomic E-state index is -0.304. The van der Waals surface area contributed by atoms with Crippen LogP contribution in [0.15, 0.2) is 53.0 Å². The first-order valence-electron chi connectivity index (χ1n) is 8.56. The van der Waals surface area contributed by atoms with Gasteiger partial charge < -0.3 is 10.1 Å². The van der Waals surface area contributed by atoms with E-state index in [1.165, 1.54) is 16.2 Å². The van der Waals surface area contributed by atoms with E-state index in [1.807, 2.05) is 37.3 Å². The van der Waals surface area contributed by atoms with Gasteiger partial charge in [-0.25, -0.2) is 4.98 Å². The average molecular weight is 458 g/mol. The Hall–Kier alpha value is -2.71. The summed E-state index contributed by atoms with van der Waals surface area (Å²) in [6, 6.07) is 15.0. The molecule has 2 aromatic carbocycles. The van der Waals surface area contributed by atoms with Crippen molar-refractivity contribution in [2.24, 2.45) is 0 Å². The Balaban J connectivity index is 1.50. The first-order chi connectivity index (χ1) is 13.5. The molecule has 2 amide bonds. The van der Waals surface area contributed by atoms with Gasteiger partial charge in [-0.15, -0.1) is 11.3 Å². The quantitative estimate of drug-likeness (QED) is 0.635. The van der Waals surface area contributed by atoms with Crippen LogP contribution in [0.4, 0.5) is 10.8 Å². The third kappa shape index (κ3) is 3.79. The molecule has 1 aromatic heterocycles. The summed E-state index contributed by atoms with van der Waals surface area (Å²) in [5.41, 5.74) is 2.41. The molecule has 0 fully saturated rings. The van der Waals surface area contributed by atoms with Crippen LogP contribution in [0.3, 0.4) is 0 Å². The minimum Gasteiger partial charge on any atom is -0.482 e. The van der Waals surface area contributed by atoms with Crippen LogP contribution in [0.5, 0.6) is 5.75 Å². The minimum absolute atomic E-state index is 0.0750. The number of aryl methyl sites for hydroxylation is 1. The lowest BCUT2D eigenvalue weighted by molar-refractivity contribution is -0.123. The maximum absolute atomic E-state index is 12.6. The summed E-state index contributed by atoms with van der Waals surface area (Å²) in [5, 5.41) is 3.32. The van der Waals surface area contributed by atoms with Crippen LogP contribution in [0, 0.1) is 6.92 Å². The predicted molar refractivity (Wildman–Crippen MR) is 113 cm³/mol. The zero-order chi connectivity index (χ0) is 19.7. The molecule has 0 spiro atoms. The van der Waals surface area contributed by atoms with Gasteiger partial charge in [0.15, 0.2) is 11.7 Å². The number of nitrogens with one attached hydrogen (secondary N) is 1. The van der Waals surface area contributed by atoms with E-state index in [9.17, 15) is 9.59 Å². The number of carbonyl (C=O) groups is 2. The summed E-state index contributed by atoms with van der Waals surface area (Å²) in [6.45, 7) is 1.80. The van der Waals surface area contributed by atoms with Gasteiger partial charge >= 0.3 is 0 Å². The maximum atomic E-state index is 12.6. The molecule has 3 aromatic rings. The Bertz CT molecular complexity index is 1050. The number of anilines is 2. The van der Waals surface area contributed by atoms with E-state index in [2.05, 4.69) is 26.2 Å². The van der Waals surface area contributed by atoms with Crippen molar-refractivity contribution in [3.8, 4) is 17.0 Å². The lowest BCUT2D eigenvalue weighted by Gasteiger charge is -2.28. The van der Waals surface area contributed by atoms with Crippen molar-refractivity contribution < 1.29 is 14.3 Å². The van der Waals surface area contributed by atoms with Gasteiger partial charge in [-0.2, -0.15) is 0 Å². The molecule has 0 unspecified atom stereocenters. The molecule has 0 saturated heterocycles. The lowest BCUT2D eigenvalue weighted by atomic mass is 10.1. The van der Waals surface area contributed by atoms with Gasteiger partial charge in [0.05, 0.1) is 11.4 Å². The molecular weight excluding hydrogens is 442 g/mol. The van der Waals surface area contributed by atoms with E-state index in [4.69, 9.17) is 4.74 Å². The normalized spacial score (nSPS) is 13.1. The van der Waals surface area contributed by atoms with Crippen molar-refractivity contribution in [1.82, 2.24) is 4.98 Å². The van der Waals surface area contributed by atoms with Crippen LogP contribution in [-0.2, 0) is 9.59 Å². The Kier molecular flexibility index (Phi) is 5.15. The molecule has 6 nitrogen and oxygen atoms in total. The van der Waals surface area contributed by atoms with Crippen molar-refractivity contribution in [2.45, 2.75) is 6.92 Å². The molecule has 0 radical (unpaired) electrons. The standard InChI is InChI=1S/C20H16BrN3O3S/c1-12-19(13-6-8-14(21)9-7-13)23-20(28-12)22-17(25)10-24-15-4-2-3-5-16(15)27-11-18(24)26/h2-9H,10-11H2,1H3,(H,22,23,25). The number of thiazole rings is 1. The molecule has 28 heavy (non-hydrogen) atoms. The number of benzene rings is 2. The number of rotatable bonds is 4. The molecule has 1 N–H and O–H groups in total. The second-order valence-corrected chi connectivity index (χ2v) is 8.33. The van der Waals surface area contributed by atoms with E-state index < -0.39 is 0 Å². The number of para-hydroxylation sites is 2. The lowest BCUT2D eigenvalue weighted by Crippen LogP contribution is -2.43. The number of halogens is 1. The smallest absolute Gasteiger partial charge is 0.265 e. The molecule has 2 heterocycles. The number of nitrogens with zero attached hydrogens (tertiary/aromatic N) is 2. The number of fused-ring (bicyclic) bond motifs is 1.